The number of nitrogens with one attached hydrogen (secondary N) is 2. The van der Waals surface area contributed by atoms with Gasteiger partial charge in [0, 0.05) is 13.0 Å². The zero-order valence-electron chi connectivity index (χ0n) is 11.1. The summed E-state index contributed by atoms with van der Waals surface area (Å²) >= 11 is 0. The van der Waals surface area contributed by atoms with E-state index in [1.807, 2.05) is 0 Å². The minimum atomic E-state index is -0.0843. The number of hydrogen-bond donors (Lipinski definition) is 2. The van der Waals surface area contributed by atoms with E-state index in [1.165, 1.54) is 11.1 Å². The lowest BCUT2D eigenvalue weighted by Crippen LogP contribution is -2.24. The number of rotatable bonds is 4. The van der Waals surface area contributed by atoms with Crippen molar-refractivity contribution in [1.82, 2.24) is 25.9 Å². The second-order valence-corrected chi connectivity index (χ2v) is 5.41. The van der Waals surface area contributed by atoms with E-state index >= 15 is 0 Å². The molecule has 0 saturated carbocycles. The van der Waals surface area contributed by atoms with Crippen LogP contribution in [0.2, 0.25) is 0 Å². The zero-order chi connectivity index (χ0) is 13.3. The van der Waals surface area contributed by atoms with Crippen LogP contribution < -0.4 is 10.1 Å². The Labute approximate surface area is 111 Å². The van der Waals surface area contributed by atoms with Crippen molar-refractivity contribution in [2.45, 2.75) is 39.0 Å². The second-order valence-electron chi connectivity index (χ2n) is 5.41. The maximum Gasteiger partial charge on any atom is 0.188 e. The molecule has 2 heterocycles. The maximum absolute atomic E-state index is 5.86. The van der Waals surface area contributed by atoms with Crippen LogP contribution in [0.4, 0.5) is 0 Å². The van der Waals surface area contributed by atoms with E-state index in [9.17, 15) is 0 Å². The van der Waals surface area contributed by atoms with E-state index in [1.54, 1.807) is 0 Å². The molecule has 6 heteroatoms. The van der Waals surface area contributed by atoms with E-state index in [4.69, 9.17) is 4.74 Å². The molecule has 0 fully saturated rings. The molecule has 2 N–H and O–H groups in total. The molecule has 0 atom stereocenters. The fourth-order valence-electron chi connectivity index (χ4n) is 2.35. The van der Waals surface area contributed by atoms with Gasteiger partial charge in [-0.25, -0.2) is 0 Å². The lowest BCUT2D eigenvalue weighted by atomic mass is 10.0. The summed E-state index contributed by atoms with van der Waals surface area (Å²) < 4.78 is 5.86. The van der Waals surface area contributed by atoms with E-state index < -0.39 is 0 Å². The molecular formula is C13H17N5O. The summed E-state index contributed by atoms with van der Waals surface area (Å²) in [6.07, 6.45) is 0.959. The van der Waals surface area contributed by atoms with Crippen LogP contribution in [0.15, 0.2) is 18.2 Å². The molecule has 0 radical (unpaired) electrons. The van der Waals surface area contributed by atoms with Crippen molar-refractivity contribution in [1.29, 1.82) is 0 Å². The highest BCUT2D eigenvalue weighted by molar-refractivity contribution is 5.41. The number of tetrazole rings is 1. The molecule has 3 rings (SSSR count). The van der Waals surface area contributed by atoms with Crippen molar-refractivity contribution >= 4 is 0 Å². The molecule has 0 spiro atoms. The summed E-state index contributed by atoms with van der Waals surface area (Å²) in [5.41, 5.74) is 2.44. The molecule has 19 heavy (non-hydrogen) atoms. The number of aromatic nitrogens is 4. The van der Waals surface area contributed by atoms with Gasteiger partial charge in [0.2, 0.25) is 0 Å². The van der Waals surface area contributed by atoms with Crippen molar-refractivity contribution in [3.05, 3.63) is 35.2 Å². The first-order chi connectivity index (χ1) is 9.12. The first-order valence-electron chi connectivity index (χ1n) is 6.36. The van der Waals surface area contributed by atoms with Gasteiger partial charge in [-0.2, -0.15) is 5.21 Å². The van der Waals surface area contributed by atoms with Crippen LogP contribution in [-0.4, -0.2) is 26.2 Å². The van der Waals surface area contributed by atoms with Crippen LogP contribution in [0, 0.1) is 0 Å². The molecule has 0 unspecified atom stereocenters. The van der Waals surface area contributed by atoms with Gasteiger partial charge in [-0.15, -0.1) is 10.2 Å². The number of hydrogen-bond acceptors (Lipinski definition) is 5. The number of nitrogens with zero attached hydrogens (tertiary/aromatic N) is 3. The molecular weight excluding hydrogens is 242 g/mol. The SMILES string of the molecule is CC1(C)Cc2cc(CNCc3nn[nH]n3)ccc2O1. The molecule has 0 saturated heterocycles. The van der Waals surface area contributed by atoms with E-state index in [2.05, 4.69) is 58.0 Å². The van der Waals surface area contributed by atoms with Gasteiger partial charge in [0.05, 0.1) is 6.54 Å². The molecule has 1 aliphatic heterocycles. The molecule has 1 aliphatic rings. The Morgan fingerprint density at radius 2 is 2.26 bits per heavy atom. The lowest BCUT2D eigenvalue weighted by Gasteiger charge is -2.16. The average molecular weight is 259 g/mol. The van der Waals surface area contributed by atoms with Crippen LogP contribution in [0.1, 0.15) is 30.8 Å². The summed E-state index contributed by atoms with van der Waals surface area (Å²) in [6, 6.07) is 6.34. The van der Waals surface area contributed by atoms with Gasteiger partial charge in [0.1, 0.15) is 11.4 Å². The highest BCUT2D eigenvalue weighted by Crippen LogP contribution is 2.35. The van der Waals surface area contributed by atoms with Gasteiger partial charge >= 0.3 is 0 Å². The summed E-state index contributed by atoms with van der Waals surface area (Å²) in [4.78, 5) is 0. The fourth-order valence-corrected chi connectivity index (χ4v) is 2.35. The normalized spacial score (nSPS) is 16.1. The second kappa shape index (κ2) is 4.62. The van der Waals surface area contributed by atoms with Crippen molar-refractivity contribution in [3.63, 3.8) is 0 Å². The van der Waals surface area contributed by atoms with Gasteiger partial charge in [-0.3, -0.25) is 0 Å². The molecule has 0 bridgehead atoms. The number of ether oxygens (including phenoxy) is 1. The van der Waals surface area contributed by atoms with Crippen molar-refractivity contribution in [3.8, 4) is 5.75 Å². The van der Waals surface area contributed by atoms with Crippen LogP contribution >= 0.6 is 0 Å². The smallest absolute Gasteiger partial charge is 0.188 e. The first kappa shape index (κ1) is 12.1. The molecule has 6 nitrogen and oxygen atoms in total. The molecule has 100 valence electrons. The number of H-pyrrole nitrogens is 1. The van der Waals surface area contributed by atoms with Crippen LogP contribution in [-0.2, 0) is 19.5 Å². The third-order valence-corrected chi connectivity index (χ3v) is 3.13. The molecule has 0 aliphatic carbocycles. The third kappa shape index (κ3) is 2.73. The van der Waals surface area contributed by atoms with Crippen LogP contribution in [0.25, 0.3) is 0 Å². The standard InChI is InChI=1S/C13H17N5O/c1-13(2)6-10-5-9(3-4-11(10)19-13)7-14-8-12-15-17-18-16-12/h3-5,14H,6-8H2,1-2H3,(H,15,16,17,18). The molecule has 2 aromatic rings. The minimum absolute atomic E-state index is 0.0843. The van der Waals surface area contributed by atoms with E-state index in [0.717, 1.165) is 18.7 Å². The van der Waals surface area contributed by atoms with Crippen molar-refractivity contribution in [2.24, 2.45) is 0 Å². The summed E-state index contributed by atoms with van der Waals surface area (Å²) in [6.45, 7) is 5.61. The summed E-state index contributed by atoms with van der Waals surface area (Å²) in [5.74, 6) is 1.68. The highest BCUT2D eigenvalue weighted by atomic mass is 16.5. The zero-order valence-corrected chi connectivity index (χ0v) is 11.1. The van der Waals surface area contributed by atoms with Gasteiger partial charge in [-0.05, 0) is 31.0 Å². The predicted molar refractivity (Wildman–Crippen MR) is 69.6 cm³/mol. The van der Waals surface area contributed by atoms with Gasteiger partial charge in [-0.1, -0.05) is 17.3 Å². The summed E-state index contributed by atoms with van der Waals surface area (Å²) in [7, 11) is 0. The Hall–Kier alpha value is -1.95. The molecule has 1 aromatic carbocycles. The Balaban J connectivity index is 1.61. The Bertz CT molecular complexity index is 564. The van der Waals surface area contributed by atoms with Crippen molar-refractivity contribution < 1.29 is 4.74 Å². The minimum Gasteiger partial charge on any atom is -0.487 e. The van der Waals surface area contributed by atoms with Gasteiger partial charge in [0.25, 0.3) is 0 Å². The summed E-state index contributed by atoms with van der Waals surface area (Å²) in [5, 5.41) is 17.0. The Kier molecular flexibility index (Phi) is 2.94. The third-order valence-electron chi connectivity index (χ3n) is 3.13. The van der Waals surface area contributed by atoms with E-state index in [0.29, 0.717) is 12.4 Å². The molecule has 0 amide bonds. The number of benzene rings is 1. The topological polar surface area (TPSA) is 75.7 Å². The van der Waals surface area contributed by atoms with Crippen molar-refractivity contribution in [2.75, 3.05) is 0 Å². The largest absolute Gasteiger partial charge is 0.487 e. The average Bonchev–Trinajstić information content (AvgIpc) is 2.94. The maximum atomic E-state index is 5.86. The number of fused-ring (bicyclic) bond motifs is 1. The number of aromatic amines is 1. The van der Waals surface area contributed by atoms with E-state index in [-0.39, 0.29) is 5.60 Å². The molecule has 1 aromatic heterocycles. The lowest BCUT2D eigenvalue weighted by molar-refractivity contribution is 0.138. The first-order valence-corrected chi connectivity index (χ1v) is 6.36. The van der Waals surface area contributed by atoms with Crippen LogP contribution in [0.5, 0.6) is 5.75 Å². The monoisotopic (exact) mass is 259 g/mol. The fraction of sp³-hybridized carbons (Fsp3) is 0.462. The Morgan fingerprint density at radius 3 is 3.05 bits per heavy atom. The Morgan fingerprint density at radius 1 is 1.37 bits per heavy atom. The van der Waals surface area contributed by atoms with Crippen LogP contribution in [0.3, 0.4) is 0 Å². The van der Waals surface area contributed by atoms with Gasteiger partial charge < -0.3 is 10.1 Å². The van der Waals surface area contributed by atoms with Gasteiger partial charge in [0.15, 0.2) is 5.82 Å². The quantitative estimate of drug-likeness (QED) is 0.863. The highest BCUT2D eigenvalue weighted by Gasteiger charge is 2.29. The predicted octanol–water partition coefficient (Wildman–Crippen LogP) is 1.20.